The van der Waals surface area contributed by atoms with E-state index in [0.717, 1.165) is 70.6 Å². The fraction of sp³-hybridized carbons (Fsp3) is 0.885. The number of nitrogens with one attached hydrogen (secondary N) is 1. The maximum atomic E-state index is 13.4. The van der Waals surface area contributed by atoms with Gasteiger partial charge in [0.05, 0.1) is 33.8 Å². The van der Waals surface area contributed by atoms with Crippen molar-refractivity contribution in [3.63, 3.8) is 0 Å². The molecule has 0 aliphatic rings. The third kappa shape index (κ3) is 43.7. The van der Waals surface area contributed by atoms with Crippen molar-refractivity contribution < 1.29 is 37.3 Å². The van der Waals surface area contributed by atoms with Gasteiger partial charge in [-0.2, -0.15) is 0 Å². The predicted octanol–water partition coefficient (Wildman–Crippen LogP) is 14.4. The fourth-order valence-electron chi connectivity index (χ4n) is 7.52. The van der Waals surface area contributed by atoms with E-state index in [4.69, 9.17) is 13.8 Å². The van der Waals surface area contributed by atoms with Crippen LogP contribution in [0.5, 0.6) is 0 Å². The van der Waals surface area contributed by atoms with Crippen LogP contribution in [0.15, 0.2) is 24.3 Å². The number of likely N-dealkylation sites (N-methyl/N-ethyl adjacent to an activating group) is 1. The van der Waals surface area contributed by atoms with E-state index in [1.54, 1.807) is 0 Å². The summed E-state index contributed by atoms with van der Waals surface area (Å²) in [4.78, 5) is 39.6. The minimum atomic E-state index is -4.68. The highest BCUT2D eigenvalue weighted by Crippen LogP contribution is 2.38. The summed E-state index contributed by atoms with van der Waals surface area (Å²) < 4.78 is 30.1. The van der Waals surface area contributed by atoms with Crippen molar-refractivity contribution in [2.45, 2.75) is 258 Å². The van der Waals surface area contributed by atoms with Crippen LogP contribution in [0.25, 0.3) is 0 Å². The van der Waals surface area contributed by atoms with Crippen LogP contribution in [-0.4, -0.2) is 69.4 Å². The molecule has 0 bridgehead atoms. The highest BCUT2D eigenvalue weighted by molar-refractivity contribution is 7.45. The van der Waals surface area contributed by atoms with Gasteiger partial charge in [-0.05, 0) is 57.4 Å². The van der Waals surface area contributed by atoms with Gasteiger partial charge in [0.2, 0.25) is 5.91 Å². The summed E-state index contributed by atoms with van der Waals surface area (Å²) in [6.45, 7) is 6.81. The number of hydrogen-bond donors (Lipinski definition) is 1. The Bertz CT molecular complexity index is 1120. The first-order valence-corrected chi connectivity index (χ1v) is 27.6. The fourth-order valence-corrected chi connectivity index (χ4v) is 8.24. The van der Waals surface area contributed by atoms with Gasteiger partial charge in [0, 0.05) is 12.8 Å². The van der Waals surface area contributed by atoms with Gasteiger partial charge in [0.15, 0.2) is 0 Å². The molecule has 10 heteroatoms. The summed E-state index contributed by atoms with van der Waals surface area (Å²) in [5, 5.41) is 3.00. The minimum absolute atomic E-state index is 0.0222. The quantitative estimate of drug-likeness (QED) is 0.0213. The molecule has 0 saturated carbocycles. The van der Waals surface area contributed by atoms with Crippen LogP contribution in [0.3, 0.4) is 0 Å². The van der Waals surface area contributed by atoms with Crippen molar-refractivity contribution in [3.8, 4) is 0 Å². The third-order valence-electron chi connectivity index (χ3n) is 11.6. The van der Waals surface area contributed by atoms with Gasteiger partial charge in [-0.15, -0.1) is 0 Å². The van der Waals surface area contributed by atoms with E-state index in [1.807, 2.05) is 33.3 Å². The molecule has 0 heterocycles. The summed E-state index contributed by atoms with van der Waals surface area (Å²) in [5.74, 6) is -0.554. The molecular weight excluding hydrogens is 796 g/mol. The van der Waals surface area contributed by atoms with E-state index in [2.05, 4.69) is 38.2 Å². The number of nitrogens with zero attached hydrogens (tertiary/aromatic N) is 1. The van der Waals surface area contributed by atoms with Crippen molar-refractivity contribution in [1.82, 2.24) is 5.32 Å². The lowest BCUT2D eigenvalue weighted by molar-refractivity contribution is -0.870. The molecule has 1 amide bonds. The van der Waals surface area contributed by atoms with Crippen LogP contribution in [-0.2, 0) is 27.9 Å². The first kappa shape index (κ1) is 60.5. The SMILES string of the molecule is CCCCCCCC/C=C\CCCCCC(=O)NC(COP(=O)([O-])OCC[N+](C)(C)C)C(/C=C/CCCCCCCCCCCC)OC(=O)CCCCCCCCCCCCC. The van der Waals surface area contributed by atoms with Crippen molar-refractivity contribution >= 4 is 19.7 Å². The van der Waals surface area contributed by atoms with E-state index in [0.29, 0.717) is 17.4 Å². The molecule has 1 N–H and O–H groups in total. The van der Waals surface area contributed by atoms with Crippen LogP contribution in [0, 0.1) is 0 Å². The highest BCUT2D eigenvalue weighted by Gasteiger charge is 2.27. The summed E-state index contributed by atoms with van der Waals surface area (Å²) in [5.41, 5.74) is 0. The molecule has 366 valence electrons. The van der Waals surface area contributed by atoms with Crippen LogP contribution in [0.4, 0.5) is 0 Å². The smallest absolute Gasteiger partial charge is 0.306 e. The number of ether oxygens (including phenoxy) is 1. The Kier molecular flexibility index (Phi) is 42.3. The molecule has 0 aromatic carbocycles. The number of rotatable bonds is 47. The summed E-state index contributed by atoms with van der Waals surface area (Å²) >= 11 is 0. The lowest BCUT2D eigenvalue weighted by Crippen LogP contribution is -2.47. The van der Waals surface area contributed by atoms with Gasteiger partial charge in [0.25, 0.3) is 7.82 Å². The van der Waals surface area contributed by atoms with Crippen molar-refractivity contribution in [2.75, 3.05) is 40.9 Å². The number of amides is 1. The standard InChI is InChI=1S/C52H101N2O7P/c1-7-10-13-16-19-22-25-27-30-32-35-38-41-44-51(55)53-49(48-60-62(57,58)59-47-46-54(4,5)6)50(43-40-37-34-31-29-26-23-20-17-14-11-8-2)61-52(56)45-42-39-36-33-28-24-21-18-15-12-9-3/h27,30,40,43,49-50H,7-26,28-29,31-39,41-42,44-48H2,1-6H3,(H-,53,55,57,58)/b30-27-,43-40+. The number of unbranched alkanes of at least 4 members (excludes halogenated alkanes) is 29. The minimum Gasteiger partial charge on any atom is -0.756 e. The molecule has 0 aromatic rings. The van der Waals surface area contributed by atoms with Gasteiger partial charge < -0.3 is 28.5 Å². The van der Waals surface area contributed by atoms with Crippen molar-refractivity contribution in [1.29, 1.82) is 0 Å². The zero-order chi connectivity index (χ0) is 45.8. The number of allylic oxidation sites excluding steroid dienone is 3. The van der Waals surface area contributed by atoms with Gasteiger partial charge >= 0.3 is 5.97 Å². The Morgan fingerprint density at radius 1 is 0.548 bits per heavy atom. The number of phosphoric acid groups is 1. The summed E-state index contributed by atoms with van der Waals surface area (Å²) in [7, 11) is 1.18. The predicted molar refractivity (Wildman–Crippen MR) is 261 cm³/mol. The first-order valence-electron chi connectivity index (χ1n) is 26.1. The topological polar surface area (TPSA) is 114 Å². The maximum absolute atomic E-state index is 13.4. The van der Waals surface area contributed by atoms with Crippen LogP contribution < -0.4 is 10.2 Å². The normalized spacial score (nSPS) is 14.1. The van der Waals surface area contributed by atoms with Crippen LogP contribution >= 0.6 is 7.82 Å². The Morgan fingerprint density at radius 3 is 1.39 bits per heavy atom. The average molecular weight is 897 g/mol. The first-order chi connectivity index (χ1) is 29.9. The van der Waals surface area contributed by atoms with Gasteiger partial charge in [-0.1, -0.05) is 200 Å². The number of esters is 1. The molecule has 0 aliphatic heterocycles. The maximum Gasteiger partial charge on any atom is 0.306 e. The van der Waals surface area contributed by atoms with Crippen LogP contribution in [0.1, 0.15) is 245 Å². The van der Waals surface area contributed by atoms with E-state index in [1.165, 1.54) is 141 Å². The molecule has 0 rings (SSSR count). The summed E-state index contributed by atoms with van der Waals surface area (Å²) in [6.07, 6.45) is 47.1. The second kappa shape index (κ2) is 43.4. The molecule has 0 spiro atoms. The van der Waals surface area contributed by atoms with Gasteiger partial charge in [-0.3, -0.25) is 14.2 Å². The van der Waals surface area contributed by atoms with Crippen LogP contribution in [0.2, 0.25) is 0 Å². The molecule has 0 saturated heterocycles. The summed E-state index contributed by atoms with van der Waals surface area (Å²) in [6, 6.07) is -0.887. The van der Waals surface area contributed by atoms with Gasteiger partial charge in [0.1, 0.15) is 19.3 Å². The number of phosphoric ester groups is 1. The number of carbonyl (C=O) groups excluding carboxylic acids is 2. The van der Waals surface area contributed by atoms with Crippen molar-refractivity contribution in [2.24, 2.45) is 0 Å². The monoisotopic (exact) mass is 897 g/mol. The van der Waals surface area contributed by atoms with E-state index in [9.17, 15) is 19.0 Å². The number of quaternary nitrogens is 1. The lowest BCUT2D eigenvalue weighted by Gasteiger charge is -2.30. The lowest BCUT2D eigenvalue weighted by atomic mass is 10.0. The largest absolute Gasteiger partial charge is 0.756 e. The Morgan fingerprint density at radius 2 is 0.935 bits per heavy atom. The molecular formula is C52H101N2O7P. The molecule has 9 nitrogen and oxygen atoms in total. The molecule has 0 aliphatic carbocycles. The molecule has 0 radical (unpaired) electrons. The third-order valence-corrected chi connectivity index (χ3v) is 12.6. The molecule has 3 atom stereocenters. The number of carbonyl (C=O) groups is 2. The second-order valence-corrected chi connectivity index (χ2v) is 20.4. The van der Waals surface area contributed by atoms with E-state index < -0.39 is 20.0 Å². The molecule has 62 heavy (non-hydrogen) atoms. The highest BCUT2D eigenvalue weighted by atomic mass is 31.2. The van der Waals surface area contributed by atoms with E-state index in [-0.39, 0.29) is 31.5 Å². The Labute approximate surface area is 383 Å². The number of hydrogen-bond acceptors (Lipinski definition) is 7. The van der Waals surface area contributed by atoms with Crippen molar-refractivity contribution in [3.05, 3.63) is 24.3 Å². The Balaban J connectivity index is 5.45. The second-order valence-electron chi connectivity index (χ2n) is 19.0. The zero-order valence-electron chi connectivity index (χ0n) is 41.6. The molecule has 3 unspecified atom stereocenters. The van der Waals surface area contributed by atoms with E-state index >= 15 is 0 Å². The molecule has 0 aromatic heterocycles. The molecule has 0 fully saturated rings. The van der Waals surface area contributed by atoms with Gasteiger partial charge in [-0.25, -0.2) is 0 Å². The zero-order valence-corrected chi connectivity index (χ0v) is 42.5. The average Bonchev–Trinajstić information content (AvgIpc) is 3.22. The Hall–Kier alpha value is -1.51.